The summed E-state index contributed by atoms with van der Waals surface area (Å²) in [5.41, 5.74) is 0. The van der Waals surface area contributed by atoms with Crippen molar-refractivity contribution in [3.63, 3.8) is 0 Å². The SMILES string of the molecule is CCOCC[NH+]1C=CN(C)C1.[Br-]. The molecular weight excluding hydrogens is 220 g/mol. The Bertz CT molecular complexity index is 141. The Morgan fingerprint density at radius 2 is 2.33 bits per heavy atom. The van der Waals surface area contributed by atoms with E-state index in [0.717, 1.165) is 26.4 Å². The van der Waals surface area contributed by atoms with Crippen molar-refractivity contribution in [2.75, 3.05) is 33.5 Å². The van der Waals surface area contributed by atoms with Crippen LogP contribution in [0.25, 0.3) is 0 Å². The van der Waals surface area contributed by atoms with Crippen LogP contribution >= 0.6 is 0 Å². The monoisotopic (exact) mass is 236 g/mol. The molecule has 1 unspecified atom stereocenters. The van der Waals surface area contributed by atoms with Crippen molar-refractivity contribution in [1.29, 1.82) is 0 Å². The van der Waals surface area contributed by atoms with Gasteiger partial charge in [0, 0.05) is 13.7 Å². The van der Waals surface area contributed by atoms with Crippen molar-refractivity contribution < 1.29 is 26.6 Å². The fourth-order valence-corrected chi connectivity index (χ4v) is 1.17. The number of rotatable bonds is 4. The molecule has 0 aliphatic carbocycles. The van der Waals surface area contributed by atoms with Crippen LogP contribution in [0.4, 0.5) is 0 Å². The molecule has 0 aromatic rings. The first kappa shape index (κ1) is 11.9. The lowest BCUT2D eigenvalue weighted by atomic mass is 10.6. The third-order valence-corrected chi connectivity index (χ3v) is 1.79. The molecular formula is C8H17BrN2O. The molecule has 0 aromatic carbocycles. The van der Waals surface area contributed by atoms with E-state index in [2.05, 4.69) is 24.3 Å². The van der Waals surface area contributed by atoms with E-state index in [-0.39, 0.29) is 17.0 Å². The number of quaternary nitrogens is 1. The standard InChI is InChI=1S/C8H16N2O.BrH/c1-3-11-7-6-10-5-4-9(2)8-10;/h4-5H,3,6-8H2,1-2H3;1H. The summed E-state index contributed by atoms with van der Waals surface area (Å²) in [5, 5.41) is 0. The Morgan fingerprint density at radius 1 is 1.58 bits per heavy atom. The molecule has 0 spiro atoms. The van der Waals surface area contributed by atoms with E-state index in [9.17, 15) is 0 Å². The van der Waals surface area contributed by atoms with E-state index in [1.165, 1.54) is 4.90 Å². The van der Waals surface area contributed by atoms with Crippen molar-refractivity contribution in [3.8, 4) is 0 Å². The topological polar surface area (TPSA) is 16.9 Å². The molecule has 1 rings (SSSR count). The Balaban J connectivity index is 0.00000121. The van der Waals surface area contributed by atoms with Gasteiger partial charge in [0.2, 0.25) is 0 Å². The van der Waals surface area contributed by atoms with E-state index in [1.807, 2.05) is 6.92 Å². The summed E-state index contributed by atoms with van der Waals surface area (Å²) in [6, 6.07) is 0. The number of halogens is 1. The summed E-state index contributed by atoms with van der Waals surface area (Å²) in [4.78, 5) is 3.65. The van der Waals surface area contributed by atoms with Crippen molar-refractivity contribution in [2.24, 2.45) is 0 Å². The summed E-state index contributed by atoms with van der Waals surface area (Å²) in [6.45, 7) is 5.87. The van der Waals surface area contributed by atoms with Crippen LogP contribution in [-0.4, -0.2) is 38.4 Å². The molecule has 12 heavy (non-hydrogen) atoms. The fourth-order valence-electron chi connectivity index (χ4n) is 1.17. The van der Waals surface area contributed by atoms with Crippen molar-refractivity contribution >= 4 is 0 Å². The quantitative estimate of drug-likeness (QED) is 0.507. The average Bonchev–Trinajstić information content (AvgIpc) is 2.37. The van der Waals surface area contributed by atoms with Crippen molar-refractivity contribution in [1.82, 2.24) is 4.90 Å². The van der Waals surface area contributed by atoms with Crippen LogP contribution in [0.1, 0.15) is 6.92 Å². The highest BCUT2D eigenvalue weighted by molar-refractivity contribution is 4.74. The van der Waals surface area contributed by atoms with Gasteiger partial charge in [0.25, 0.3) is 0 Å². The highest BCUT2D eigenvalue weighted by Gasteiger charge is 2.11. The lowest BCUT2D eigenvalue weighted by Gasteiger charge is -2.12. The van der Waals surface area contributed by atoms with Crippen LogP contribution in [0, 0.1) is 0 Å². The lowest BCUT2D eigenvalue weighted by Crippen LogP contribution is -3.07. The van der Waals surface area contributed by atoms with Crippen LogP contribution in [0.15, 0.2) is 12.4 Å². The molecule has 1 atom stereocenters. The molecule has 0 radical (unpaired) electrons. The van der Waals surface area contributed by atoms with Gasteiger partial charge in [-0.3, -0.25) is 4.90 Å². The molecule has 0 fully saturated rings. The third kappa shape index (κ3) is 4.09. The van der Waals surface area contributed by atoms with Gasteiger partial charge >= 0.3 is 0 Å². The van der Waals surface area contributed by atoms with Gasteiger partial charge in [-0.25, -0.2) is 0 Å². The first-order valence-corrected chi connectivity index (χ1v) is 4.14. The van der Waals surface area contributed by atoms with Crippen LogP contribution in [0.5, 0.6) is 0 Å². The molecule has 1 aliphatic heterocycles. The second-order valence-corrected chi connectivity index (χ2v) is 2.84. The predicted octanol–water partition coefficient (Wildman–Crippen LogP) is -3.71. The van der Waals surface area contributed by atoms with Gasteiger partial charge in [-0.05, 0) is 6.92 Å². The minimum absolute atomic E-state index is 0. The number of hydrogen-bond acceptors (Lipinski definition) is 2. The van der Waals surface area contributed by atoms with Gasteiger partial charge in [-0.15, -0.1) is 0 Å². The van der Waals surface area contributed by atoms with E-state index < -0.39 is 0 Å². The molecule has 0 saturated heterocycles. The van der Waals surface area contributed by atoms with Gasteiger partial charge in [0.15, 0.2) is 6.67 Å². The summed E-state index contributed by atoms with van der Waals surface area (Å²) in [6.07, 6.45) is 4.29. The van der Waals surface area contributed by atoms with Gasteiger partial charge in [-0.1, -0.05) is 0 Å². The highest BCUT2D eigenvalue weighted by atomic mass is 79.9. The molecule has 3 nitrogen and oxygen atoms in total. The number of nitrogens with zero attached hydrogens (tertiary/aromatic N) is 1. The minimum atomic E-state index is 0. The number of ether oxygens (including phenoxy) is 1. The highest BCUT2D eigenvalue weighted by Crippen LogP contribution is 1.82. The average molecular weight is 237 g/mol. The van der Waals surface area contributed by atoms with Crippen LogP contribution in [0.3, 0.4) is 0 Å². The van der Waals surface area contributed by atoms with Gasteiger partial charge in [-0.2, -0.15) is 0 Å². The second-order valence-electron chi connectivity index (χ2n) is 2.84. The molecule has 1 heterocycles. The van der Waals surface area contributed by atoms with E-state index in [4.69, 9.17) is 4.74 Å². The minimum Gasteiger partial charge on any atom is -1.00 e. The Kier molecular flexibility index (Phi) is 6.42. The maximum atomic E-state index is 5.26. The Hall–Kier alpha value is -0.0600. The second kappa shape index (κ2) is 6.46. The van der Waals surface area contributed by atoms with Gasteiger partial charge in [0.05, 0.1) is 12.8 Å². The molecule has 1 aliphatic rings. The fraction of sp³-hybridized carbons (Fsp3) is 0.750. The smallest absolute Gasteiger partial charge is 0.156 e. The summed E-state index contributed by atoms with van der Waals surface area (Å²) in [7, 11) is 2.09. The van der Waals surface area contributed by atoms with E-state index in [1.54, 1.807) is 0 Å². The summed E-state index contributed by atoms with van der Waals surface area (Å²) < 4.78 is 5.26. The third-order valence-electron chi connectivity index (χ3n) is 1.79. The molecule has 0 saturated carbocycles. The maximum Gasteiger partial charge on any atom is 0.156 e. The predicted molar refractivity (Wildman–Crippen MR) is 44.1 cm³/mol. The largest absolute Gasteiger partial charge is 1.00 e. The van der Waals surface area contributed by atoms with Crippen LogP contribution < -0.4 is 21.9 Å². The van der Waals surface area contributed by atoms with E-state index >= 15 is 0 Å². The van der Waals surface area contributed by atoms with Crippen LogP contribution in [-0.2, 0) is 4.74 Å². The van der Waals surface area contributed by atoms with Crippen molar-refractivity contribution in [2.45, 2.75) is 6.92 Å². The Morgan fingerprint density at radius 3 is 2.83 bits per heavy atom. The molecule has 0 aromatic heterocycles. The van der Waals surface area contributed by atoms with E-state index in [0.29, 0.717) is 0 Å². The normalized spacial score (nSPS) is 21.2. The zero-order chi connectivity index (χ0) is 8.10. The summed E-state index contributed by atoms with van der Waals surface area (Å²) in [5.74, 6) is 0. The zero-order valence-electron chi connectivity index (χ0n) is 7.72. The van der Waals surface area contributed by atoms with Gasteiger partial charge < -0.3 is 26.6 Å². The molecule has 4 heteroatoms. The first-order chi connectivity index (χ1) is 5.33. The molecule has 72 valence electrons. The molecule has 0 bridgehead atoms. The van der Waals surface area contributed by atoms with Gasteiger partial charge in [0.1, 0.15) is 12.7 Å². The maximum absolute atomic E-state index is 5.26. The number of nitrogens with one attached hydrogen (secondary N) is 1. The Labute approximate surface area is 84.7 Å². The van der Waals surface area contributed by atoms with Crippen molar-refractivity contribution in [3.05, 3.63) is 12.4 Å². The summed E-state index contributed by atoms with van der Waals surface area (Å²) >= 11 is 0. The zero-order valence-corrected chi connectivity index (χ0v) is 9.30. The van der Waals surface area contributed by atoms with Crippen LogP contribution in [0.2, 0.25) is 0 Å². The molecule has 1 N–H and O–H groups in total. The number of hydrogen-bond donors (Lipinski definition) is 1. The molecule has 0 amide bonds. The lowest BCUT2D eigenvalue weighted by molar-refractivity contribution is -0.849. The first-order valence-electron chi connectivity index (χ1n) is 4.14.